The fraction of sp³-hybridized carbons (Fsp3) is 0.250. The van der Waals surface area contributed by atoms with E-state index >= 15 is 0 Å². The van der Waals surface area contributed by atoms with Crippen LogP contribution in [0.4, 0.5) is 0 Å². The van der Waals surface area contributed by atoms with E-state index in [0.29, 0.717) is 16.5 Å². The quantitative estimate of drug-likeness (QED) is 0.675. The number of benzene rings is 1. The predicted octanol–water partition coefficient (Wildman–Crippen LogP) is 4.13. The highest BCUT2D eigenvalue weighted by atomic mass is 35.5. The van der Waals surface area contributed by atoms with Crippen LogP contribution in [0.25, 0.3) is 6.08 Å². The number of rotatable bonds is 1. The van der Waals surface area contributed by atoms with E-state index in [1.54, 1.807) is 12.1 Å². The first-order chi connectivity index (χ1) is 7.16. The van der Waals surface area contributed by atoms with Gasteiger partial charge in [-0.3, -0.25) is 4.79 Å². The van der Waals surface area contributed by atoms with Crippen LogP contribution in [0.2, 0.25) is 10.0 Å². The van der Waals surface area contributed by atoms with Crippen molar-refractivity contribution in [2.24, 2.45) is 0 Å². The first-order valence-electron chi connectivity index (χ1n) is 4.85. The van der Waals surface area contributed by atoms with Crippen molar-refractivity contribution in [2.45, 2.75) is 19.3 Å². The molecule has 0 bridgehead atoms. The molecule has 3 heteroatoms. The zero-order valence-corrected chi connectivity index (χ0v) is 9.61. The maximum Gasteiger partial charge on any atom is 0.158 e. The van der Waals surface area contributed by atoms with Gasteiger partial charge in [-0.15, -0.1) is 0 Å². The lowest BCUT2D eigenvalue weighted by Gasteiger charge is -2.00. The molecular weight excluding hydrogens is 231 g/mol. The van der Waals surface area contributed by atoms with E-state index in [4.69, 9.17) is 23.2 Å². The van der Waals surface area contributed by atoms with Crippen LogP contribution in [0.15, 0.2) is 23.8 Å². The van der Waals surface area contributed by atoms with Crippen LogP contribution in [0.1, 0.15) is 24.8 Å². The van der Waals surface area contributed by atoms with E-state index in [-0.39, 0.29) is 5.78 Å². The Kier molecular flexibility index (Phi) is 3.13. The Morgan fingerprint density at radius 1 is 1.20 bits per heavy atom. The first-order valence-corrected chi connectivity index (χ1v) is 5.61. The second kappa shape index (κ2) is 4.38. The highest BCUT2D eigenvalue weighted by molar-refractivity contribution is 6.35. The van der Waals surface area contributed by atoms with Gasteiger partial charge >= 0.3 is 0 Å². The zero-order valence-electron chi connectivity index (χ0n) is 8.09. The number of Topliss-reactive ketones (excluding diaryl/α,β-unsaturated/α-hetero) is 1. The number of halogens is 2. The minimum atomic E-state index is 0.237. The molecule has 0 heterocycles. The third-order valence-electron chi connectivity index (χ3n) is 2.50. The summed E-state index contributed by atoms with van der Waals surface area (Å²) in [6, 6.07) is 5.30. The molecule has 0 radical (unpaired) electrons. The Bertz CT molecular complexity index is 435. The van der Waals surface area contributed by atoms with E-state index in [9.17, 15) is 4.79 Å². The average molecular weight is 241 g/mol. The lowest BCUT2D eigenvalue weighted by Crippen LogP contribution is -1.91. The molecule has 0 aromatic heterocycles. The van der Waals surface area contributed by atoms with Crippen LogP contribution in [0.5, 0.6) is 0 Å². The van der Waals surface area contributed by atoms with Gasteiger partial charge in [0.05, 0.1) is 0 Å². The topological polar surface area (TPSA) is 17.1 Å². The molecule has 0 saturated heterocycles. The number of hydrogen-bond acceptors (Lipinski definition) is 1. The summed E-state index contributed by atoms with van der Waals surface area (Å²) in [4.78, 5) is 11.4. The van der Waals surface area contributed by atoms with Crippen LogP contribution in [0, 0.1) is 0 Å². The van der Waals surface area contributed by atoms with Crippen molar-refractivity contribution in [3.8, 4) is 0 Å². The van der Waals surface area contributed by atoms with Crippen LogP contribution in [-0.2, 0) is 4.79 Å². The second-order valence-electron chi connectivity index (χ2n) is 3.61. The smallest absolute Gasteiger partial charge is 0.158 e. The molecule has 1 aromatic carbocycles. The van der Waals surface area contributed by atoms with Gasteiger partial charge in [-0.05, 0) is 42.2 Å². The summed E-state index contributed by atoms with van der Waals surface area (Å²) >= 11 is 11.8. The molecule has 78 valence electrons. The molecule has 0 atom stereocenters. The maximum atomic E-state index is 11.4. The van der Waals surface area contributed by atoms with E-state index in [1.165, 1.54) is 0 Å². The standard InChI is InChI=1S/C12H10Cl2O/c13-10-5-4-8(11(14)7-10)6-9-2-1-3-12(9)15/h4-7H,1-3H2. The summed E-state index contributed by atoms with van der Waals surface area (Å²) in [5.41, 5.74) is 1.74. The number of ketones is 1. The summed E-state index contributed by atoms with van der Waals surface area (Å²) in [7, 11) is 0. The second-order valence-corrected chi connectivity index (χ2v) is 4.46. The van der Waals surface area contributed by atoms with E-state index in [0.717, 1.165) is 24.0 Å². The Morgan fingerprint density at radius 3 is 2.60 bits per heavy atom. The molecule has 1 nitrogen and oxygen atoms in total. The van der Waals surface area contributed by atoms with Gasteiger partial charge in [0.1, 0.15) is 0 Å². The summed E-state index contributed by atoms with van der Waals surface area (Å²) in [6.45, 7) is 0. The summed E-state index contributed by atoms with van der Waals surface area (Å²) in [5.74, 6) is 0.237. The summed E-state index contributed by atoms with van der Waals surface area (Å²) in [5, 5.41) is 1.20. The van der Waals surface area contributed by atoms with Crippen molar-refractivity contribution >= 4 is 35.1 Å². The molecule has 15 heavy (non-hydrogen) atoms. The minimum Gasteiger partial charge on any atom is -0.295 e. The van der Waals surface area contributed by atoms with Gasteiger partial charge in [0.25, 0.3) is 0 Å². The molecule has 2 rings (SSSR count). The van der Waals surface area contributed by atoms with Gasteiger partial charge in [-0.2, -0.15) is 0 Å². The van der Waals surface area contributed by atoms with E-state index in [1.807, 2.05) is 12.1 Å². The van der Waals surface area contributed by atoms with E-state index < -0.39 is 0 Å². The molecule has 1 aliphatic carbocycles. The minimum absolute atomic E-state index is 0.237. The molecule has 1 aliphatic rings. The number of hydrogen-bond donors (Lipinski definition) is 0. The number of allylic oxidation sites excluding steroid dienone is 1. The fourth-order valence-electron chi connectivity index (χ4n) is 1.70. The lowest BCUT2D eigenvalue weighted by atomic mass is 10.1. The molecular formula is C12H10Cl2O. The monoisotopic (exact) mass is 240 g/mol. The number of carbonyl (C=O) groups excluding carboxylic acids is 1. The van der Waals surface area contributed by atoms with Crippen molar-refractivity contribution in [1.29, 1.82) is 0 Å². The van der Waals surface area contributed by atoms with Crippen LogP contribution in [0.3, 0.4) is 0 Å². The van der Waals surface area contributed by atoms with Gasteiger partial charge in [0.15, 0.2) is 5.78 Å². The molecule has 0 amide bonds. The van der Waals surface area contributed by atoms with Crippen molar-refractivity contribution in [1.82, 2.24) is 0 Å². The van der Waals surface area contributed by atoms with Gasteiger partial charge in [-0.25, -0.2) is 0 Å². The van der Waals surface area contributed by atoms with Gasteiger partial charge < -0.3 is 0 Å². The highest BCUT2D eigenvalue weighted by Crippen LogP contribution is 2.27. The van der Waals surface area contributed by atoms with Crippen LogP contribution in [-0.4, -0.2) is 5.78 Å². The lowest BCUT2D eigenvalue weighted by molar-refractivity contribution is -0.114. The van der Waals surface area contributed by atoms with Crippen molar-refractivity contribution in [3.63, 3.8) is 0 Å². The first kappa shape index (κ1) is 10.7. The van der Waals surface area contributed by atoms with Gasteiger partial charge in [0.2, 0.25) is 0 Å². The highest BCUT2D eigenvalue weighted by Gasteiger charge is 2.16. The third kappa shape index (κ3) is 2.42. The summed E-state index contributed by atoms with van der Waals surface area (Å²) in [6.07, 6.45) is 4.35. The Hall–Kier alpha value is -0.790. The molecule has 0 spiro atoms. The third-order valence-corrected chi connectivity index (χ3v) is 3.06. The van der Waals surface area contributed by atoms with E-state index in [2.05, 4.69) is 0 Å². The molecule has 1 aromatic rings. The predicted molar refractivity (Wildman–Crippen MR) is 63.3 cm³/mol. The molecule has 1 saturated carbocycles. The zero-order chi connectivity index (χ0) is 10.8. The Balaban J connectivity index is 2.34. The Labute approximate surface area is 98.7 Å². The fourth-order valence-corrected chi connectivity index (χ4v) is 2.16. The van der Waals surface area contributed by atoms with Crippen molar-refractivity contribution in [3.05, 3.63) is 39.4 Å². The SMILES string of the molecule is O=C1CCCC1=Cc1ccc(Cl)cc1Cl. The summed E-state index contributed by atoms with van der Waals surface area (Å²) < 4.78 is 0. The van der Waals surface area contributed by atoms with Gasteiger partial charge in [-0.1, -0.05) is 29.3 Å². The Morgan fingerprint density at radius 2 is 2.00 bits per heavy atom. The molecule has 0 unspecified atom stereocenters. The van der Waals surface area contributed by atoms with Crippen molar-refractivity contribution in [2.75, 3.05) is 0 Å². The largest absolute Gasteiger partial charge is 0.295 e. The molecule has 0 N–H and O–H groups in total. The number of carbonyl (C=O) groups is 1. The van der Waals surface area contributed by atoms with Crippen LogP contribution < -0.4 is 0 Å². The maximum absolute atomic E-state index is 11.4. The molecule has 0 aliphatic heterocycles. The normalized spacial score (nSPS) is 18.8. The van der Waals surface area contributed by atoms with Gasteiger partial charge in [0, 0.05) is 16.5 Å². The van der Waals surface area contributed by atoms with Crippen LogP contribution >= 0.6 is 23.2 Å². The van der Waals surface area contributed by atoms with Crippen molar-refractivity contribution < 1.29 is 4.79 Å². The molecule has 1 fully saturated rings. The average Bonchev–Trinajstić information content (AvgIpc) is 2.57.